The molecule has 0 amide bonds. The third-order valence-corrected chi connectivity index (χ3v) is 9.27. The molecule has 0 spiro atoms. The summed E-state index contributed by atoms with van der Waals surface area (Å²) in [4.78, 5) is 0. The second-order valence-corrected chi connectivity index (χ2v) is 12.1. The molecule has 0 bridgehead atoms. The van der Waals surface area contributed by atoms with Crippen LogP contribution in [0.1, 0.15) is 92.9 Å². The Balaban J connectivity index is 1.83. The van der Waals surface area contributed by atoms with Gasteiger partial charge in [0, 0.05) is 0 Å². The van der Waals surface area contributed by atoms with Crippen LogP contribution in [0.5, 0.6) is 0 Å². The Morgan fingerprint density at radius 2 is 1.11 bits per heavy atom. The van der Waals surface area contributed by atoms with Gasteiger partial charge in [-0.15, -0.1) is 0 Å². The summed E-state index contributed by atoms with van der Waals surface area (Å²) in [6, 6.07) is 0. The van der Waals surface area contributed by atoms with Gasteiger partial charge in [0.1, 0.15) is 0 Å². The fourth-order valence-corrected chi connectivity index (χ4v) is 7.10. The Labute approximate surface area is 168 Å². The van der Waals surface area contributed by atoms with Gasteiger partial charge < -0.3 is 0 Å². The van der Waals surface area contributed by atoms with Gasteiger partial charge in [0.05, 0.1) is 10.5 Å². The molecule has 0 fully saturated rings. The topological polar surface area (TPSA) is 34.1 Å². The van der Waals surface area contributed by atoms with E-state index in [9.17, 15) is 8.42 Å². The van der Waals surface area contributed by atoms with Crippen molar-refractivity contribution in [2.45, 2.75) is 103 Å². The highest BCUT2D eigenvalue weighted by atomic mass is 32.2. The van der Waals surface area contributed by atoms with E-state index in [-0.39, 0.29) is 22.3 Å². The average Bonchev–Trinajstić information content (AvgIpc) is 2.56. The monoisotopic (exact) mass is 394 g/mol. The van der Waals surface area contributed by atoms with E-state index in [1.165, 1.54) is 49.7 Å². The molecule has 27 heavy (non-hydrogen) atoms. The van der Waals surface area contributed by atoms with E-state index in [0.717, 1.165) is 24.7 Å². The van der Waals surface area contributed by atoms with Crippen LogP contribution in [0.25, 0.3) is 0 Å². The lowest BCUT2D eigenvalue weighted by molar-refractivity contribution is 0.480. The molecule has 2 aliphatic rings. The van der Waals surface area contributed by atoms with Crippen molar-refractivity contribution in [3.63, 3.8) is 0 Å². The van der Waals surface area contributed by atoms with Crippen LogP contribution in [0.15, 0.2) is 23.3 Å². The second-order valence-electron chi connectivity index (χ2n) is 9.86. The van der Waals surface area contributed by atoms with Crippen LogP contribution in [-0.2, 0) is 9.84 Å². The zero-order valence-corrected chi connectivity index (χ0v) is 19.3. The number of hydrogen-bond donors (Lipinski definition) is 0. The molecule has 156 valence electrons. The summed E-state index contributed by atoms with van der Waals surface area (Å²) < 4.78 is 26.1. The molecule has 3 heteroatoms. The molecule has 0 saturated carbocycles. The van der Waals surface area contributed by atoms with Gasteiger partial charge in [-0.2, -0.15) is 0 Å². The van der Waals surface area contributed by atoms with E-state index in [1.54, 1.807) is 0 Å². The van der Waals surface area contributed by atoms with Crippen LogP contribution >= 0.6 is 0 Å². The molecule has 4 atom stereocenters. The molecule has 2 aliphatic carbocycles. The van der Waals surface area contributed by atoms with Gasteiger partial charge in [-0.3, -0.25) is 0 Å². The quantitative estimate of drug-likeness (QED) is 0.272. The van der Waals surface area contributed by atoms with E-state index in [2.05, 4.69) is 53.7 Å². The smallest absolute Gasteiger partial charge is 0.164 e. The standard InChI is InChI=1S/C24H42O2S/c1-17(2)11-7-9-13-21-15-23(19(21)5)27(25,26)24-16-22(20(24)6)14-10-8-12-18(3)4/h15-20,23-24H,7-14H2,1-6H3. The highest BCUT2D eigenvalue weighted by Crippen LogP contribution is 2.43. The fraction of sp³-hybridized carbons (Fsp3) is 0.833. The van der Waals surface area contributed by atoms with Crippen LogP contribution < -0.4 is 0 Å². The Morgan fingerprint density at radius 1 is 0.741 bits per heavy atom. The maximum atomic E-state index is 13.1. The van der Waals surface area contributed by atoms with Crippen molar-refractivity contribution >= 4 is 9.84 Å². The first-order valence-electron chi connectivity index (χ1n) is 11.3. The molecular weight excluding hydrogens is 352 g/mol. The molecule has 2 nitrogen and oxygen atoms in total. The predicted octanol–water partition coefficient (Wildman–Crippen LogP) is 6.72. The fourth-order valence-electron chi connectivity index (χ4n) is 4.52. The molecule has 0 radical (unpaired) electrons. The highest BCUT2D eigenvalue weighted by molar-refractivity contribution is 7.93. The molecule has 0 aromatic heterocycles. The molecule has 0 aromatic carbocycles. The first kappa shape index (κ1) is 22.7. The summed E-state index contributed by atoms with van der Waals surface area (Å²) in [7, 11) is -3.07. The minimum atomic E-state index is -3.07. The minimum absolute atomic E-state index is 0.213. The van der Waals surface area contributed by atoms with Crippen molar-refractivity contribution in [3.8, 4) is 0 Å². The normalized spacial score (nSPS) is 28.0. The van der Waals surface area contributed by atoms with Gasteiger partial charge in [-0.05, 0) is 49.4 Å². The largest absolute Gasteiger partial charge is 0.228 e. The van der Waals surface area contributed by atoms with Crippen molar-refractivity contribution in [3.05, 3.63) is 23.3 Å². The highest BCUT2D eigenvalue weighted by Gasteiger charge is 2.46. The number of sulfone groups is 1. The first-order valence-corrected chi connectivity index (χ1v) is 12.9. The molecular formula is C24H42O2S. The maximum absolute atomic E-state index is 13.1. The molecule has 2 rings (SSSR count). The van der Waals surface area contributed by atoms with Gasteiger partial charge in [0.25, 0.3) is 0 Å². The number of unbranched alkanes of at least 4 members (excludes halogenated alkanes) is 2. The second kappa shape index (κ2) is 9.76. The van der Waals surface area contributed by atoms with E-state index in [4.69, 9.17) is 0 Å². The Kier molecular flexibility index (Phi) is 8.21. The van der Waals surface area contributed by atoms with Crippen LogP contribution in [0.2, 0.25) is 0 Å². The van der Waals surface area contributed by atoms with Gasteiger partial charge in [0.2, 0.25) is 0 Å². The zero-order chi connectivity index (χ0) is 20.2. The van der Waals surface area contributed by atoms with Gasteiger partial charge in [-0.1, -0.05) is 90.5 Å². The van der Waals surface area contributed by atoms with E-state index in [1.807, 2.05) is 0 Å². The number of rotatable bonds is 12. The van der Waals surface area contributed by atoms with E-state index < -0.39 is 9.84 Å². The van der Waals surface area contributed by atoms with Crippen LogP contribution in [0, 0.1) is 23.7 Å². The van der Waals surface area contributed by atoms with Gasteiger partial charge in [0.15, 0.2) is 9.84 Å². The van der Waals surface area contributed by atoms with Gasteiger partial charge in [-0.25, -0.2) is 8.42 Å². The summed E-state index contributed by atoms with van der Waals surface area (Å²) in [5.74, 6) is 1.95. The molecule has 0 aliphatic heterocycles. The molecule has 0 heterocycles. The van der Waals surface area contributed by atoms with Crippen molar-refractivity contribution in [1.82, 2.24) is 0 Å². The predicted molar refractivity (Wildman–Crippen MR) is 118 cm³/mol. The molecule has 4 unspecified atom stereocenters. The van der Waals surface area contributed by atoms with Crippen molar-refractivity contribution in [2.75, 3.05) is 0 Å². The Morgan fingerprint density at radius 3 is 1.41 bits per heavy atom. The SMILES string of the molecule is CC(C)CCCCC1=CC(S(=O)(=O)C2C=C(CCCCC(C)C)C2C)C1C. The molecule has 0 N–H and O–H groups in total. The maximum Gasteiger partial charge on any atom is 0.164 e. The van der Waals surface area contributed by atoms with Crippen molar-refractivity contribution in [1.29, 1.82) is 0 Å². The lowest BCUT2D eigenvalue weighted by Gasteiger charge is -2.40. The molecule has 0 saturated heterocycles. The van der Waals surface area contributed by atoms with Gasteiger partial charge >= 0.3 is 0 Å². The summed E-state index contributed by atoms with van der Waals surface area (Å²) in [6.45, 7) is 13.3. The summed E-state index contributed by atoms with van der Waals surface area (Å²) in [5.41, 5.74) is 2.74. The number of hydrogen-bond acceptors (Lipinski definition) is 2. The van der Waals surface area contributed by atoms with Crippen LogP contribution in [0.4, 0.5) is 0 Å². The van der Waals surface area contributed by atoms with Crippen molar-refractivity contribution < 1.29 is 8.42 Å². The lowest BCUT2D eigenvalue weighted by Crippen LogP contribution is -2.46. The zero-order valence-electron chi connectivity index (χ0n) is 18.5. The Bertz CT molecular complexity index is 589. The first-order chi connectivity index (χ1) is 12.6. The summed E-state index contributed by atoms with van der Waals surface area (Å²) in [5, 5.41) is -0.493. The third kappa shape index (κ3) is 5.71. The van der Waals surface area contributed by atoms with Crippen molar-refractivity contribution in [2.24, 2.45) is 23.7 Å². The minimum Gasteiger partial charge on any atom is -0.228 e. The third-order valence-electron chi connectivity index (χ3n) is 6.66. The average molecular weight is 395 g/mol. The number of allylic oxidation sites excluding steroid dienone is 2. The summed E-state index contributed by atoms with van der Waals surface area (Å²) in [6.07, 6.45) is 13.7. The van der Waals surface area contributed by atoms with Crippen LogP contribution in [-0.4, -0.2) is 18.9 Å². The van der Waals surface area contributed by atoms with E-state index >= 15 is 0 Å². The Hall–Kier alpha value is -0.570. The van der Waals surface area contributed by atoms with E-state index in [0.29, 0.717) is 0 Å². The lowest BCUT2D eigenvalue weighted by atomic mass is 9.82. The van der Waals surface area contributed by atoms with Crippen LogP contribution in [0.3, 0.4) is 0 Å². The summed E-state index contributed by atoms with van der Waals surface area (Å²) >= 11 is 0. The molecule has 0 aromatic rings.